The normalized spacial score (nSPS) is 13.7. The molecule has 0 bridgehead atoms. The number of aromatic nitrogens is 1. The fraction of sp³-hybridized carbons (Fsp3) is 0.250. The van der Waals surface area contributed by atoms with E-state index in [0.29, 0.717) is 11.8 Å². The van der Waals surface area contributed by atoms with Crippen LogP contribution in [-0.2, 0) is 13.0 Å². The van der Waals surface area contributed by atoms with Gasteiger partial charge in [0.25, 0.3) is 0 Å². The molecule has 1 unspecified atom stereocenters. The molecule has 0 spiro atoms. The molecule has 26 heavy (non-hydrogen) atoms. The Bertz CT molecular complexity index is 892. The van der Waals surface area contributed by atoms with Gasteiger partial charge in [-0.15, -0.1) is 11.3 Å². The third-order valence-electron chi connectivity index (χ3n) is 4.28. The van der Waals surface area contributed by atoms with E-state index in [9.17, 15) is 5.11 Å². The lowest BCUT2D eigenvalue weighted by molar-refractivity contribution is 0.174. The van der Waals surface area contributed by atoms with Crippen molar-refractivity contribution in [1.29, 1.82) is 0 Å². The average Bonchev–Trinajstić information content (AvgIpc) is 3.30. The molecule has 1 aromatic heterocycles. The standard InChI is InChI=1S/C20H20N2O3S/c1-13(8-14-2-5-17(23)6-3-14)21-10-16-11-26-20(22-16)15-4-7-18-19(9-15)25-12-24-18/h2-7,9,11,13,21,23H,8,10,12H2,1H3. The van der Waals surface area contributed by atoms with Crippen molar-refractivity contribution < 1.29 is 14.6 Å². The number of nitrogens with one attached hydrogen (secondary N) is 1. The van der Waals surface area contributed by atoms with Crippen molar-refractivity contribution in [2.75, 3.05) is 6.79 Å². The highest BCUT2D eigenvalue weighted by atomic mass is 32.1. The molecule has 1 aliphatic rings. The summed E-state index contributed by atoms with van der Waals surface area (Å²) in [5.74, 6) is 1.86. The Morgan fingerprint density at radius 2 is 1.96 bits per heavy atom. The van der Waals surface area contributed by atoms with E-state index in [2.05, 4.69) is 17.6 Å². The van der Waals surface area contributed by atoms with Crippen LogP contribution < -0.4 is 14.8 Å². The average molecular weight is 368 g/mol. The van der Waals surface area contributed by atoms with Gasteiger partial charge in [0.2, 0.25) is 6.79 Å². The Kier molecular flexibility index (Phi) is 4.77. The molecule has 0 aliphatic carbocycles. The molecule has 6 heteroatoms. The molecule has 1 aliphatic heterocycles. The Labute approximate surface area is 156 Å². The zero-order valence-corrected chi connectivity index (χ0v) is 15.3. The Morgan fingerprint density at radius 1 is 1.15 bits per heavy atom. The van der Waals surface area contributed by atoms with Crippen molar-refractivity contribution in [2.45, 2.75) is 25.9 Å². The van der Waals surface area contributed by atoms with Crippen LogP contribution >= 0.6 is 11.3 Å². The van der Waals surface area contributed by atoms with E-state index in [1.54, 1.807) is 23.5 Å². The molecule has 1 atom stereocenters. The quantitative estimate of drug-likeness (QED) is 0.689. The lowest BCUT2D eigenvalue weighted by Crippen LogP contribution is -2.27. The number of rotatable bonds is 6. The van der Waals surface area contributed by atoms with E-state index in [4.69, 9.17) is 14.5 Å². The van der Waals surface area contributed by atoms with Gasteiger partial charge in [-0.3, -0.25) is 0 Å². The highest BCUT2D eigenvalue weighted by Gasteiger charge is 2.15. The summed E-state index contributed by atoms with van der Waals surface area (Å²) in [6, 6.07) is 13.6. The number of benzene rings is 2. The Morgan fingerprint density at radius 3 is 2.81 bits per heavy atom. The van der Waals surface area contributed by atoms with Gasteiger partial charge in [-0.05, 0) is 49.2 Å². The van der Waals surface area contributed by atoms with Crippen molar-refractivity contribution >= 4 is 11.3 Å². The zero-order valence-electron chi connectivity index (χ0n) is 14.4. The zero-order chi connectivity index (χ0) is 17.9. The summed E-state index contributed by atoms with van der Waals surface area (Å²) in [6.07, 6.45) is 0.902. The fourth-order valence-electron chi connectivity index (χ4n) is 2.89. The van der Waals surface area contributed by atoms with Gasteiger partial charge in [-0.25, -0.2) is 4.98 Å². The van der Waals surface area contributed by atoms with Crippen LogP contribution in [0.15, 0.2) is 47.8 Å². The minimum atomic E-state index is 0.282. The lowest BCUT2D eigenvalue weighted by Gasteiger charge is -2.13. The molecule has 0 amide bonds. The van der Waals surface area contributed by atoms with Crippen LogP contribution in [0.1, 0.15) is 18.2 Å². The number of hydrogen-bond acceptors (Lipinski definition) is 6. The monoisotopic (exact) mass is 368 g/mol. The van der Waals surface area contributed by atoms with Crippen LogP contribution in [0.4, 0.5) is 0 Å². The maximum atomic E-state index is 9.35. The predicted octanol–water partition coefficient (Wildman–Crippen LogP) is 3.97. The van der Waals surface area contributed by atoms with Crippen molar-refractivity contribution in [2.24, 2.45) is 0 Å². The largest absolute Gasteiger partial charge is 0.508 e. The smallest absolute Gasteiger partial charge is 0.231 e. The minimum absolute atomic E-state index is 0.282. The van der Waals surface area contributed by atoms with E-state index in [1.165, 1.54) is 5.56 Å². The van der Waals surface area contributed by atoms with Crippen molar-refractivity contribution in [3.05, 3.63) is 59.1 Å². The second-order valence-electron chi connectivity index (χ2n) is 6.36. The van der Waals surface area contributed by atoms with Gasteiger partial charge in [-0.1, -0.05) is 12.1 Å². The molecule has 4 rings (SSSR count). The van der Waals surface area contributed by atoms with E-state index >= 15 is 0 Å². The molecule has 2 heterocycles. The first-order valence-electron chi connectivity index (χ1n) is 8.53. The van der Waals surface area contributed by atoms with Crippen LogP contribution in [0, 0.1) is 0 Å². The summed E-state index contributed by atoms with van der Waals surface area (Å²) in [5, 5.41) is 15.9. The lowest BCUT2D eigenvalue weighted by atomic mass is 10.1. The maximum Gasteiger partial charge on any atom is 0.231 e. The highest BCUT2D eigenvalue weighted by Crippen LogP contribution is 2.36. The molecule has 2 N–H and O–H groups in total. The first kappa shape index (κ1) is 16.9. The van der Waals surface area contributed by atoms with Crippen LogP contribution in [0.5, 0.6) is 17.2 Å². The number of ether oxygens (including phenoxy) is 2. The Balaban J connectivity index is 1.35. The number of nitrogens with zero attached hydrogens (tertiary/aromatic N) is 1. The molecule has 0 fully saturated rings. The summed E-state index contributed by atoms with van der Waals surface area (Å²) in [7, 11) is 0. The third kappa shape index (κ3) is 3.81. The van der Waals surface area contributed by atoms with Gasteiger partial charge in [0.15, 0.2) is 11.5 Å². The Hall–Kier alpha value is -2.57. The van der Waals surface area contributed by atoms with Gasteiger partial charge in [-0.2, -0.15) is 0 Å². The van der Waals surface area contributed by atoms with Gasteiger partial charge < -0.3 is 19.9 Å². The van der Waals surface area contributed by atoms with Gasteiger partial charge >= 0.3 is 0 Å². The van der Waals surface area contributed by atoms with Crippen LogP contribution in [0.3, 0.4) is 0 Å². The van der Waals surface area contributed by atoms with Crippen LogP contribution in [0.2, 0.25) is 0 Å². The molecule has 3 aromatic rings. The first-order valence-corrected chi connectivity index (χ1v) is 9.41. The molecule has 0 saturated heterocycles. The second kappa shape index (κ2) is 7.35. The van der Waals surface area contributed by atoms with Gasteiger partial charge in [0, 0.05) is 23.5 Å². The third-order valence-corrected chi connectivity index (χ3v) is 5.22. The van der Waals surface area contributed by atoms with E-state index in [1.807, 2.05) is 30.3 Å². The van der Waals surface area contributed by atoms with E-state index in [0.717, 1.165) is 40.7 Å². The molecular weight excluding hydrogens is 348 g/mol. The molecule has 2 aromatic carbocycles. The molecular formula is C20H20N2O3S. The maximum absolute atomic E-state index is 9.35. The van der Waals surface area contributed by atoms with Crippen molar-refractivity contribution in [3.63, 3.8) is 0 Å². The molecule has 134 valence electrons. The number of fused-ring (bicyclic) bond motifs is 1. The number of phenolic OH excluding ortho intramolecular Hbond substituents is 1. The van der Waals surface area contributed by atoms with Gasteiger partial charge in [0.05, 0.1) is 5.69 Å². The number of aromatic hydroxyl groups is 1. The van der Waals surface area contributed by atoms with Crippen molar-refractivity contribution in [3.8, 4) is 27.8 Å². The van der Waals surface area contributed by atoms with E-state index < -0.39 is 0 Å². The topological polar surface area (TPSA) is 63.6 Å². The minimum Gasteiger partial charge on any atom is -0.508 e. The first-order chi connectivity index (χ1) is 12.7. The van der Waals surface area contributed by atoms with Crippen LogP contribution in [-0.4, -0.2) is 22.9 Å². The predicted molar refractivity (Wildman–Crippen MR) is 102 cm³/mol. The summed E-state index contributed by atoms with van der Waals surface area (Å²) in [6.45, 7) is 3.16. The summed E-state index contributed by atoms with van der Waals surface area (Å²) >= 11 is 1.63. The molecule has 5 nitrogen and oxygen atoms in total. The van der Waals surface area contributed by atoms with Crippen LogP contribution in [0.25, 0.3) is 10.6 Å². The summed E-state index contributed by atoms with van der Waals surface area (Å²) < 4.78 is 10.8. The molecule has 0 radical (unpaired) electrons. The van der Waals surface area contributed by atoms with Gasteiger partial charge in [0.1, 0.15) is 10.8 Å². The molecule has 0 saturated carbocycles. The number of phenols is 1. The number of thiazole rings is 1. The highest BCUT2D eigenvalue weighted by molar-refractivity contribution is 7.13. The summed E-state index contributed by atoms with van der Waals surface area (Å²) in [4.78, 5) is 4.72. The second-order valence-corrected chi connectivity index (χ2v) is 7.22. The summed E-state index contributed by atoms with van der Waals surface area (Å²) in [5.41, 5.74) is 3.27. The van der Waals surface area contributed by atoms with E-state index in [-0.39, 0.29) is 6.79 Å². The fourth-order valence-corrected chi connectivity index (χ4v) is 3.70. The number of hydrogen-bond donors (Lipinski definition) is 2. The SMILES string of the molecule is CC(Cc1ccc(O)cc1)NCc1csc(-c2ccc3c(c2)OCO3)n1. The van der Waals surface area contributed by atoms with Crippen molar-refractivity contribution in [1.82, 2.24) is 10.3 Å².